The molecule has 0 unspecified atom stereocenters. The third kappa shape index (κ3) is 4.96. The Morgan fingerprint density at radius 2 is 1.50 bits per heavy atom. The molecule has 0 saturated heterocycles. The topological polar surface area (TPSA) is 36.9 Å². The van der Waals surface area contributed by atoms with Crippen LogP contribution in [-0.2, 0) is 17.7 Å². The van der Waals surface area contributed by atoms with E-state index in [0.29, 0.717) is 0 Å². The minimum Gasteiger partial charge on any atom is -0.351 e. The second-order valence-electron chi connectivity index (χ2n) is 2.00. The molecular weight excluding hydrogens is 214 g/mol. The average Bonchev–Trinajstić information content (AvgIpc) is 2.22. The number of halogens is 2. The molecule has 0 N–H and O–H groups in total. The summed E-state index contributed by atoms with van der Waals surface area (Å²) < 4.78 is 42.3. The third-order valence-electron chi connectivity index (χ3n) is 1.12. The first kappa shape index (κ1) is 13.9. The van der Waals surface area contributed by atoms with Crippen LogP contribution in [0, 0.1) is 14.0 Å². The summed E-state index contributed by atoms with van der Waals surface area (Å²) in [6.45, 7) is 2.65. The van der Waals surface area contributed by atoms with E-state index in [2.05, 4.69) is 4.43 Å². The van der Waals surface area contributed by atoms with E-state index in [1.54, 1.807) is 0 Å². The van der Waals surface area contributed by atoms with Crippen LogP contribution in [0.3, 0.4) is 0 Å². The molecule has 0 spiro atoms. The second kappa shape index (κ2) is 8.24. The summed E-state index contributed by atoms with van der Waals surface area (Å²) in [6.07, 6.45) is 0. The van der Waals surface area contributed by atoms with Crippen LogP contribution in [-0.4, -0.2) is 42.2 Å². The number of hydrogen-bond acceptors (Lipinski definition) is 4. The Hall–Kier alpha value is -0.0831. The van der Waals surface area contributed by atoms with Crippen LogP contribution >= 0.6 is 0 Å². The summed E-state index contributed by atoms with van der Waals surface area (Å²) in [5.74, 6) is 0. The molecule has 0 aliphatic heterocycles. The molecule has 0 amide bonds. The molecule has 0 aromatic carbocycles. The number of alkyl halides is 2. The van der Waals surface area contributed by atoms with Gasteiger partial charge in [0, 0.05) is 6.61 Å². The van der Waals surface area contributed by atoms with Crippen molar-refractivity contribution in [2.45, 2.75) is 0 Å². The van der Waals surface area contributed by atoms with Crippen LogP contribution < -0.4 is 0 Å². The fourth-order valence-electron chi connectivity index (χ4n) is 0.656. The maximum Gasteiger partial charge on any atom is 0.680 e. The van der Waals surface area contributed by atoms with E-state index in [9.17, 15) is 8.78 Å². The fourth-order valence-corrected chi connectivity index (χ4v) is 1.97. The monoisotopic (exact) mass is 226 g/mol. The number of rotatable bonds is 9. The predicted octanol–water partition coefficient (Wildman–Crippen LogP) is 0.807. The molecule has 82 valence electrons. The quantitative estimate of drug-likeness (QED) is 0.545. The highest BCUT2D eigenvalue weighted by atomic mass is 28.4. The number of hydrogen-bond donors (Lipinski definition) is 0. The summed E-state index contributed by atoms with van der Waals surface area (Å²) in [6, 6.07) is 0. The molecular formula is C7H12F2O4Si. The van der Waals surface area contributed by atoms with Crippen molar-refractivity contribution < 1.29 is 26.5 Å². The Morgan fingerprint density at radius 3 is 1.79 bits per heavy atom. The van der Waals surface area contributed by atoms with Crippen molar-refractivity contribution in [3.63, 3.8) is 0 Å². The Balaban J connectivity index is 4.11. The maximum atomic E-state index is 11.8. The van der Waals surface area contributed by atoms with Crippen molar-refractivity contribution in [2.24, 2.45) is 0 Å². The van der Waals surface area contributed by atoms with Crippen molar-refractivity contribution in [1.82, 2.24) is 0 Å². The molecule has 7 heteroatoms. The highest BCUT2D eigenvalue weighted by Gasteiger charge is 2.44. The van der Waals surface area contributed by atoms with E-state index >= 15 is 0 Å². The van der Waals surface area contributed by atoms with E-state index < -0.39 is 22.4 Å². The summed E-state index contributed by atoms with van der Waals surface area (Å²) in [5.41, 5.74) is 0. The van der Waals surface area contributed by atoms with E-state index in [1.165, 1.54) is 0 Å². The molecule has 4 radical (unpaired) electrons. The van der Waals surface area contributed by atoms with Gasteiger partial charge in [-0.2, -0.15) is 0 Å². The largest absolute Gasteiger partial charge is 0.680 e. The van der Waals surface area contributed by atoms with Gasteiger partial charge in [-0.25, -0.2) is 8.78 Å². The minimum absolute atomic E-state index is 0.276. The zero-order valence-electron chi connectivity index (χ0n) is 7.58. The Kier molecular flexibility index (Phi) is 8.19. The van der Waals surface area contributed by atoms with Crippen molar-refractivity contribution >= 4 is 9.05 Å². The fraction of sp³-hybridized carbons (Fsp3) is 0.714. The molecule has 0 bridgehead atoms. The summed E-state index contributed by atoms with van der Waals surface area (Å²) in [5, 5.41) is 0. The Labute approximate surface area is 83.6 Å². The van der Waals surface area contributed by atoms with Crippen LogP contribution in [0.1, 0.15) is 0 Å². The molecule has 4 nitrogen and oxygen atoms in total. The molecule has 0 heterocycles. The van der Waals surface area contributed by atoms with Crippen molar-refractivity contribution in [3.05, 3.63) is 14.0 Å². The molecule has 0 atom stereocenters. The second-order valence-corrected chi connectivity index (χ2v) is 4.11. The molecule has 0 rings (SSSR count). The van der Waals surface area contributed by atoms with Gasteiger partial charge >= 0.3 is 9.05 Å². The van der Waals surface area contributed by atoms with Gasteiger partial charge in [0.05, 0.1) is 13.2 Å². The van der Waals surface area contributed by atoms with Crippen LogP contribution in [0.25, 0.3) is 0 Å². The van der Waals surface area contributed by atoms with E-state index in [-0.39, 0.29) is 19.8 Å². The van der Waals surface area contributed by atoms with Gasteiger partial charge in [-0.15, -0.1) is 0 Å². The lowest BCUT2D eigenvalue weighted by Gasteiger charge is -2.24. The first-order chi connectivity index (χ1) is 6.74. The molecule has 0 aliphatic carbocycles. The minimum atomic E-state index is -3.64. The smallest absolute Gasteiger partial charge is 0.351 e. The van der Waals surface area contributed by atoms with Gasteiger partial charge in [-0.05, 0) is 6.92 Å². The zero-order chi connectivity index (χ0) is 10.9. The molecule has 0 saturated carbocycles. The lowest BCUT2D eigenvalue weighted by molar-refractivity contribution is -0.0134. The normalized spacial score (nSPS) is 12.0. The van der Waals surface area contributed by atoms with Crippen LogP contribution in [0.4, 0.5) is 8.78 Å². The Bertz CT molecular complexity index is 131. The van der Waals surface area contributed by atoms with E-state index in [4.69, 9.17) is 27.3 Å². The summed E-state index contributed by atoms with van der Waals surface area (Å²) >= 11 is 0. The van der Waals surface area contributed by atoms with Crippen molar-refractivity contribution in [1.29, 1.82) is 0 Å². The first-order valence-electron chi connectivity index (χ1n) is 3.86. The van der Waals surface area contributed by atoms with Gasteiger partial charge in [-0.1, -0.05) is 0 Å². The van der Waals surface area contributed by atoms with Crippen LogP contribution in [0.5, 0.6) is 0 Å². The van der Waals surface area contributed by atoms with Gasteiger partial charge in [0.2, 0.25) is 0 Å². The first-order valence-corrected chi connectivity index (χ1v) is 5.49. The SMILES string of the molecule is [CH]CO[Si](O[CH])(OCCF)OCCF. The van der Waals surface area contributed by atoms with Crippen molar-refractivity contribution in [2.75, 3.05) is 33.2 Å². The highest BCUT2D eigenvalue weighted by Crippen LogP contribution is 2.11. The summed E-state index contributed by atoms with van der Waals surface area (Å²) in [7, 11) is 1.22. The highest BCUT2D eigenvalue weighted by molar-refractivity contribution is 6.53. The van der Waals surface area contributed by atoms with Gasteiger partial charge in [-0.3, -0.25) is 0 Å². The third-order valence-corrected chi connectivity index (χ3v) is 3.04. The van der Waals surface area contributed by atoms with Gasteiger partial charge in [0.25, 0.3) is 0 Å². The molecule has 0 fully saturated rings. The standard InChI is InChI=1S/C7H12F2O4Si/c1-3-11-14(10-2,12-6-4-8)13-7-5-9/h1-2H,3-7H2. The van der Waals surface area contributed by atoms with E-state index in [0.717, 1.165) is 0 Å². The maximum absolute atomic E-state index is 11.8. The molecule has 0 aliphatic rings. The predicted molar refractivity (Wildman–Crippen MR) is 45.2 cm³/mol. The van der Waals surface area contributed by atoms with Crippen LogP contribution in [0.2, 0.25) is 0 Å². The lowest BCUT2D eigenvalue weighted by atomic mass is 10.8. The molecule has 0 aromatic heterocycles. The van der Waals surface area contributed by atoms with Gasteiger partial charge in [0.15, 0.2) is 0 Å². The Morgan fingerprint density at radius 1 is 1.00 bits per heavy atom. The van der Waals surface area contributed by atoms with Gasteiger partial charge < -0.3 is 17.7 Å². The average molecular weight is 226 g/mol. The van der Waals surface area contributed by atoms with E-state index in [1.807, 2.05) is 0 Å². The zero-order valence-corrected chi connectivity index (χ0v) is 8.58. The molecule has 0 aromatic rings. The lowest BCUT2D eigenvalue weighted by Crippen LogP contribution is -2.48. The molecule has 14 heavy (non-hydrogen) atoms. The summed E-state index contributed by atoms with van der Waals surface area (Å²) in [4.78, 5) is 0. The van der Waals surface area contributed by atoms with Crippen molar-refractivity contribution in [3.8, 4) is 0 Å². The van der Waals surface area contributed by atoms with Gasteiger partial charge in [0.1, 0.15) is 20.5 Å². The van der Waals surface area contributed by atoms with Crippen LogP contribution in [0.15, 0.2) is 0 Å².